The highest BCUT2D eigenvalue weighted by atomic mass is 16.3. The number of para-hydroxylation sites is 6. The summed E-state index contributed by atoms with van der Waals surface area (Å²) in [5.74, 6) is 0. The molecule has 17 rings (SSSR count). The number of benzene rings is 12. The Kier molecular flexibility index (Phi) is 8.73. The number of rotatable bonds is 5. The molecule has 4 heteroatoms. The Morgan fingerprint density at radius 2 is 0.584 bits per heavy atom. The van der Waals surface area contributed by atoms with Crippen LogP contribution >= 0.6 is 0 Å². The molecule has 3 aromatic heterocycles. The van der Waals surface area contributed by atoms with Crippen LogP contribution in [0.4, 0.5) is 17.1 Å². The first-order valence-electron chi connectivity index (χ1n) is 26.4. The van der Waals surface area contributed by atoms with E-state index >= 15 is 0 Å². The number of hydrogen-bond donors (Lipinski definition) is 0. The number of fused-ring (bicyclic) bond motifs is 18. The molecule has 4 heterocycles. The van der Waals surface area contributed by atoms with Crippen molar-refractivity contribution in [2.24, 2.45) is 0 Å². The molecule has 1 spiro atoms. The van der Waals surface area contributed by atoms with E-state index in [-0.39, 0.29) is 0 Å². The summed E-state index contributed by atoms with van der Waals surface area (Å²) in [5, 5.41) is 6.61. The molecule has 0 unspecified atom stereocenters. The van der Waals surface area contributed by atoms with Gasteiger partial charge in [-0.3, -0.25) is 0 Å². The second-order valence-corrected chi connectivity index (χ2v) is 20.5. The predicted molar refractivity (Wildman–Crippen MR) is 316 cm³/mol. The maximum Gasteiger partial charge on any atom is 0.159 e. The average molecular weight is 982 g/mol. The Morgan fingerprint density at radius 1 is 0.234 bits per heavy atom. The van der Waals surface area contributed by atoms with Gasteiger partial charge in [-0.15, -0.1) is 0 Å². The third kappa shape index (κ3) is 5.81. The van der Waals surface area contributed by atoms with E-state index in [4.69, 9.17) is 13.3 Å². The van der Waals surface area contributed by atoms with Crippen LogP contribution in [-0.2, 0) is 5.41 Å². The number of hydrogen-bond acceptors (Lipinski definition) is 4. The topological polar surface area (TPSA) is 42.7 Å². The van der Waals surface area contributed by atoms with Gasteiger partial charge in [0.2, 0.25) is 0 Å². The zero-order chi connectivity index (χ0) is 50.3. The molecule has 0 radical (unpaired) electrons. The van der Waals surface area contributed by atoms with Crippen molar-refractivity contribution < 1.29 is 13.3 Å². The maximum atomic E-state index is 6.97. The van der Waals surface area contributed by atoms with Crippen molar-refractivity contribution in [2.45, 2.75) is 5.41 Å². The van der Waals surface area contributed by atoms with E-state index < -0.39 is 5.41 Å². The van der Waals surface area contributed by atoms with E-state index in [1.54, 1.807) is 0 Å². The van der Waals surface area contributed by atoms with Gasteiger partial charge in [-0.25, -0.2) is 0 Å². The van der Waals surface area contributed by atoms with Crippen LogP contribution in [0.5, 0.6) is 0 Å². The van der Waals surface area contributed by atoms with Crippen LogP contribution in [-0.4, -0.2) is 0 Å². The van der Waals surface area contributed by atoms with Gasteiger partial charge in [-0.05, 0) is 115 Å². The number of furan rings is 3. The van der Waals surface area contributed by atoms with Gasteiger partial charge < -0.3 is 18.2 Å². The van der Waals surface area contributed by atoms with Crippen molar-refractivity contribution in [2.75, 3.05) is 4.90 Å². The van der Waals surface area contributed by atoms with E-state index in [0.717, 1.165) is 127 Å². The fourth-order valence-corrected chi connectivity index (χ4v) is 13.5. The molecule has 12 aromatic carbocycles. The molecule has 0 amide bonds. The minimum atomic E-state index is -0.760. The van der Waals surface area contributed by atoms with E-state index in [0.29, 0.717) is 0 Å². The van der Waals surface area contributed by atoms with Gasteiger partial charge in [-0.1, -0.05) is 212 Å². The molecule has 4 nitrogen and oxygen atoms in total. The van der Waals surface area contributed by atoms with Gasteiger partial charge in [0.1, 0.15) is 27.9 Å². The highest BCUT2D eigenvalue weighted by Gasteiger charge is 2.52. The Bertz CT molecular complexity index is 4710. The molecule has 15 aromatic rings. The van der Waals surface area contributed by atoms with Gasteiger partial charge in [0, 0.05) is 43.4 Å². The minimum absolute atomic E-state index is 0.760. The van der Waals surface area contributed by atoms with Crippen molar-refractivity contribution in [1.82, 2.24) is 0 Å². The third-order valence-corrected chi connectivity index (χ3v) is 16.7. The quantitative estimate of drug-likeness (QED) is 0.172. The SMILES string of the molecule is c1ccc(-c2cccc3c2oc2ccccc23)c(-c2ccc3c(c2)C2(c4ccccc4-c4ccccc42)c2cc(-c4ccccc4-c4cccc5c4oc4ccccc45)ccc2N3c2cccc3c2oc2ccccc23)c1. The lowest BCUT2D eigenvalue weighted by Gasteiger charge is -2.45. The molecule has 0 bridgehead atoms. The summed E-state index contributed by atoms with van der Waals surface area (Å²) in [6.45, 7) is 0. The molecule has 358 valence electrons. The number of anilines is 3. The maximum absolute atomic E-state index is 6.97. The van der Waals surface area contributed by atoms with Crippen LogP contribution in [0.15, 0.2) is 274 Å². The predicted octanol–water partition coefficient (Wildman–Crippen LogP) is 20.2. The molecular weight excluding hydrogens is 939 g/mol. The lowest BCUT2D eigenvalue weighted by molar-refractivity contribution is 0.668. The highest BCUT2D eigenvalue weighted by Crippen LogP contribution is 2.65. The first kappa shape index (κ1) is 42.2. The molecule has 1 aliphatic heterocycles. The summed E-state index contributed by atoms with van der Waals surface area (Å²) in [6, 6.07) is 94.8. The monoisotopic (exact) mass is 981 g/mol. The number of nitrogens with zero attached hydrogens (tertiary/aromatic N) is 1. The summed E-state index contributed by atoms with van der Waals surface area (Å²) in [5.41, 5.74) is 23.8. The van der Waals surface area contributed by atoms with Crippen molar-refractivity contribution in [1.29, 1.82) is 0 Å². The lowest BCUT2D eigenvalue weighted by Crippen LogP contribution is -2.36. The van der Waals surface area contributed by atoms with Gasteiger partial charge in [0.25, 0.3) is 0 Å². The third-order valence-electron chi connectivity index (χ3n) is 16.7. The molecule has 0 saturated heterocycles. The zero-order valence-corrected chi connectivity index (χ0v) is 41.5. The zero-order valence-electron chi connectivity index (χ0n) is 41.5. The van der Waals surface area contributed by atoms with Crippen molar-refractivity contribution in [3.63, 3.8) is 0 Å². The summed E-state index contributed by atoms with van der Waals surface area (Å²) in [7, 11) is 0. The van der Waals surface area contributed by atoms with Crippen molar-refractivity contribution in [3.05, 3.63) is 283 Å². The van der Waals surface area contributed by atoms with Gasteiger partial charge >= 0.3 is 0 Å². The van der Waals surface area contributed by atoms with E-state index in [1.165, 1.54) is 33.4 Å². The second kappa shape index (κ2) is 15.9. The van der Waals surface area contributed by atoms with Crippen LogP contribution in [0.25, 0.3) is 121 Å². The molecule has 0 fully saturated rings. The molecule has 2 aliphatic rings. The van der Waals surface area contributed by atoms with Gasteiger partial charge in [-0.2, -0.15) is 0 Å². The largest absolute Gasteiger partial charge is 0.455 e. The summed E-state index contributed by atoms with van der Waals surface area (Å²) >= 11 is 0. The van der Waals surface area contributed by atoms with Crippen LogP contribution in [0.1, 0.15) is 22.3 Å². The van der Waals surface area contributed by atoms with Crippen molar-refractivity contribution >= 4 is 82.9 Å². The fourth-order valence-electron chi connectivity index (χ4n) is 13.5. The Balaban J connectivity index is 0.971. The summed E-state index contributed by atoms with van der Waals surface area (Å²) in [6.07, 6.45) is 0. The smallest absolute Gasteiger partial charge is 0.159 e. The van der Waals surface area contributed by atoms with E-state index in [9.17, 15) is 0 Å². The standard InChI is InChI=1S/C73H43NO3/c1-3-20-48(55-27-15-29-57-52-24-7-12-35-67(52)75-70(55)57)46(18-1)44-38-40-64-62(42-44)73(60-32-10-5-22-50(60)51-23-6-11-33-61(51)73)63-43-45(39-41-65(63)74(64)66-34-17-31-59-54-26-9-14-37-69(54)77-72(59)66)47-19-2-4-21-49(47)56-28-16-30-58-53-25-8-13-36-68(53)76-71(56)58/h1-43H. The van der Waals surface area contributed by atoms with Crippen molar-refractivity contribution in [3.8, 4) is 55.6 Å². The van der Waals surface area contributed by atoms with E-state index in [2.05, 4.69) is 254 Å². The van der Waals surface area contributed by atoms with Crippen LogP contribution < -0.4 is 4.90 Å². The average Bonchev–Trinajstić information content (AvgIpc) is 4.31. The Morgan fingerprint density at radius 3 is 1.06 bits per heavy atom. The second-order valence-electron chi connectivity index (χ2n) is 20.5. The summed E-state index contributed by atoms with van der Waals surface area (Å²) < 4.78 is 20.4. The highest BCUT2D eigenvalue weighted by molar-refractivity contribution is 6.14. The molecule has 1 aliphatic carbocycles. The molecule has 0 saturated carbocycles. The van der Waals surface area contributed by atoms with Crippen LogP contribution in [0.2, 0.25) is 0 Å². The molecule has 0 atom stereocenters. The van der Waals surface area contributed by atoms with Gasteiger partial charge in [0.05, 0.1) is 22.5 Å². The molecule has 0 N–H and O–H groups in total. The Labute approximate surface area is 442 Å². The first-order valence-corrected chi connectivity index (χ1v) is 26.4. The molecular formula is C73H43NO3. The molecule has 77 heavy (non-hydrogen) atoms. The van der Waals surface area contributed by atoms with Crippen LogP contribution in [0, 0.1) is 0 Å². The summed E-state index contributed by atoms with van der Waals surface area (Å²) in [4.78, 5) is 2.47. The fraction of sp³-hybridized carbons (Fsp3) is 0.0137. The normalized spacial score (nSPS) is 13.3. The first-order chi connectivity index (χ1) is 38.2. The Hall–Kier alpha value is -10.2. The van der Waals surface area contributed by atoms with E-state index in [1.807, 2.05) is 12.1 Å². The minimum Gasteiger partial charge on any atom is -0.455 e. The van der Waals surface area contributed by atoms with Gasteiger partial charge in [0.15, 0.2) is 5.58 Å². The van der Waals surface area contributed by atoms with Crippen LogP contribution in [0.3, 0.4) is 0 Å². The lowest BCUT2D eigenvalue weighted by atomic mass is 9.64.